The lowest BCUT2D eigenvalue weighted by molar-refractivity contribution is -0.136. The molecule has 0 spiro atoms. The first kappa shape index (κ1) is 20.9. The van der Waals surface area contributed by atoms with Crippen molar-refractivity contribution in [3.8, 4) is 16.9 Å². The van der Waals surface area contributed by atoms with Crippen LogP contribution in [0.3, 0.4) is 0 Å². The van der Waals surface area contributed by atoms with E-state index in [0.717, 1.165) is 29.7 Å². The second kappa shape index (κ2) is 7.69. The fourth-order valence-electron chi connectivity index (χ4n) is 4.82. The molecule has 0 heterocycles. The molecule has 2 aliphatic rings. The van der Waals surface area contributed by atoms with Crippen molar-refractivity contribution in [2.24, 2.45) is 0 Å². The van der Waals surface area contributed by atoms with Gasteiger partial charge < -0.3 is 9.84 Å². The van der Waals surface area contributed by atoms with E-state index in [9.17, 15) is 9.18 Å². The van der Waals surface area contributed by atoms with Crippen molar-refractivity contribution in [3.05, 3.63) is 52.8 Å². The number of carboxylic acids is 1. The molecule has 2 aliphatic carbocycles. The number of hydrogen-bond donors (Lipinski definition) is 1. The molecule has 1 N–H and O–H groups in total. The van der Waals surface area contributed by atoms with E-state index in [1.54, 1.807) is 19.2 Å². The summed E-state index contributed by atoms with van der Waals surface area (Å²) in [5, 5.41) is 8.96. The van der Waals surface area contributed by atoms with Crippen LogP contribution in [0.5, 0.6) is 5.75 Å². The third kappa shape index (κ3) is 3.83. The van der Waals surface area contributed by atoms with E-state index in [1.807, 2.05) is 6.07 Å². The zero-order valence-corrected chi connectivity index (χ0v) is 18.2. The monoisotopic (exact) mass is 411 g/mol. The maximum absolute atomic E-state index is 14.5. The van der Waals surface area contributed by atoms with Crippen LogP contribution in [-0.2, 0) is 16.6 Å². The first-order chi connectivity index (χ1) is 14.2. The van der Waals surface area contributed by atoms with Crippen LogP contribution in [0.25, 0.3) is 11.1 Å². The molecule has 4 nitrogen and oxygen atoms in total. The second-order valence-corrected chi connectivity index (χ2v) is 9.35. The van der Waals surface area contributed by atoms with Gasteiger partial charge in [0.05, 0.1) is 13.5 Å². The molecule has 0 radical (unpaired) electrons. The van der Waals surface area contributed by atoms with Gasteiger partial charge in [-0.25, -0.2) is 4.39 Å². The van der Waals surface area contributed by atoms with Gasteiger partial charge in [-0.3, -0.25) is 9.69 Å². The van der Waals surface area contributed by atoms with E-state index in [2.05, 4.69) is 31.9 Å². The molecule has 4 rings (SSSR count). The van der Waals surface area contributed by atoms with E-state index in [1.165, 1.54) is 30.0 Å². The second-order valence-electron chi connectivity index (χ2n) is 9.35. The van der Waals surface area contributed by atoms with Gasteiger partial charge in [0, 0.05) is 17.6 Å². The van der Waals surface area contributed by atoms with Crippen LogP contribution in [0.2, 0.25) is 0 Å². The van der Waals surface area contributed by atoms with Crippen LogP contribution in [-0.4, -0.2) is 36.2 Å². The quantitative estimate of drug-likeness (QED) is 0.698. The Morgan fingerprint density at radius 1 is 1.20 bits per heavy atom. The van der Waals surface area contributed by atoms with Crippen molar-refractivity contribution in [2.75, 3.05) is 14.2 Å². The highest BCUT2D eigenvalue weighted by Crippen LogP contribution is 2.50. The topological polar surface area (TPSA) is 49.8 Å². The maximum atomic E-state index is 14.5. The number of halogens is 1. The minimum absolute atomic E-state index is 0.00130. The smallest absolute Gasteiger partial charge is 0.307 e. The van der Waals surface area contributed by atoms with Crippen LogP contribution >= 0.6 is 0 Å². The number of methoxy groups -OCH3 is 1. The summed E-state index contributed by atoms with van der Waals surface area (Å²) in [4.78, 5) is 13.4. The maximum Gasteiger partial charge on any atom is 0.307 e. The van der Waals surface area contributed by atoms with E-state index in [0.29, 0.717) is 12.1 Å². The Morgan fingerprint density at radius 2 is 1.93 bits per heavy atom. The van der Waals surface area contributed by atoms with Crippen LogP contribution < -0.4 is 4.74 Å². The van der Waals surface area contributed by atoms with Crippen LogP contribution in [0.1, 0.15) is 62.3 Å². The number of benzene rings is 2. The molecule has 0 aromatic heterocycles. The number of carboxylic acid groups (broad SMARTS) is 1. The SMILES string of the molecule is COc1cc(-c2ccc(CC(=O)O)c(F)c2)cc2c1C(N(C)C1CC1)CCC2(C)C. The zero-order chi connectivity index (χ0) is 21.6. The molecule has 160 valence electrons. The lowest BCUT2D eigenvalue weighted by Crippen LogP contribution is -2.35. The van der Waals surface area contributed by atoms with Crippen LogP contribution in [0, 0.1) is 5.82 Å². The van der Waals surface area contributed by atoms with Crippen molar-refractivity contribution in [3.63, 3.8) is 0 Å². The lowest BCUT2D eigenvalue weighted by Gasteiger charge is -2.42. The molecule has 0 bridgehead atoms. The standard InChI is InChI=1S/C25H30FNO3/c1-25(2)10-9-21(27(3)18-7-8-18)24-19(25)11-17(13-22(24)30-4)15-5-6-16(14-23(28)29)20(26)12-15/h5-6,11-13,18,21H,7-10,14H2,1-4H3,(H,28,29). The van der Waals surface area contributed by atoms with Crippen molar-refractivity contribution >= 4 is 5.97 Å². The first-order valence-electron chi connectivity index (χ1n) is 10.7. The van der Waals surface area contributed by atoms with Gasteiger partial charge >= 0.3 is 5.97 Å². The Bertz CT molecular complexity index is 981. The van der Waals surface area contributed by atoms with Gasteiger partial charge in [-0.1, -0.05) is 32.0 Å². The van der Waals surface area contributed by atoms with Crippen molar-refractivity contribution in [1.29, 1.82) is 0 Å². The molecule has 1 saturated carbocycles. The number of aliphatic carboxylic acids is 1. The molecule has 1 unspecified atom stereocenters. The average Bonchev–Trinajstić information content (AvgIpc) is 3.53. The molecule has 30 heavy (non-hydrogen) atoms. The minimum Gasteiger partial charge on any atom is -0.496 e. The first-order valence-corrected chi connectivity index (χ1v) is 10.7. The van der Waals surface area contributed by atoms with E-state index >= 15 is 0 Å². The molecule has 2 aromatic carbocycles. The van der Waals surface area contributed by atoms with E-state index in [4.69, 9.17) is 9.84 Å². The van der Waals surface area contributed by atoms with E-state index < -0.39 is 11.8 Å². The van der Waals surface area contributed by atoms with Gasteiger partial charge in [0.15, 0.2) is 0 Å². The lowest BCUT2D eigenvalue weighted by atomic mass is 9.69. The van der Waals surface area contributed by atoms with Gasteiger partial charge in [-0.2, -0.15) is 0 Å². The highest BCUT2D eigenvalue weighted by molar-refractivity contribution is 5.73. The highest BCUT2D eigenvalue weighted by atomic mass is 19.1. The van der Waals surface area contributed by atoms with Crippen LogP contribution in [0.15, 0.2) is 30.3 Å². The summed E-state index contributed by atoms with van der Waals surface area (Å²) in [6.07, 6.45) is 4.38. The van der Waals surface area contributed by atoms with Gasteiger partial charge in [-0.15, -0.1) is 0 Å². The summed E-state index contributed by atoms with van der Waals surface area (Å²) in [6.45, 7) is 4.53. The molecule has 2 aromatic rings. The number of nitrogens with zero attached hydrogens (tertiary/aromatic N) is 1. The predicted octanol–water partition coefficient (Wildman–Crippen LogP) is 5.34. The molecule has 0 saturated heterocycles. The summed E-state index contributed by atoms with van der Waals surface area (Å²) in [5.74, 6) is -0.676. The summed E-state index contributed by atoms with van der Waals surface area (Å²) < 4.78 is 20.4. The Kier molecular flexibility index (Phi) is 5.35. The summed E-state index contributed by atoms with van der Waals surface area (Å²) in [6, 6.07) is 9.97. The highest BCUT2D eigenvalue weighted by Gasteiger charge is 2.40. The largest absolute Gasteiger partial charge is 0.496 e. The van der Waals surface area contributed by atoms with Gasteiger partial charge in [0.25, 0.3) is 0 Å². The molecule has 0 amide bonds. The molecule has 0 aliphatic heterocycles. The van der Waals surface area contributed by atoms with Crippen LogP contribution in [0.4, 0.5) is 4.39 Å². The summed E-state index contributed by atoms with van der Waals surface area (Å²) >= 11 is 0. The Hall–Kier alpha value is -2.40. The molecular formula is C25H30FNO3. The van der Waals surface area contributed by atoms with Gasteiger partial charge in [-0.05, 0) is 72.5 Å². The molecular weight excluding hydrogens is 381 g/mol. The molecule has 5 heteroatoms. The number of carbonyl (C=O) groups is 1. The van der Waals surface area contributed by atoms with Crippen molar-refractivity contribution < 1.29 is 19.0 Å². The fraction of sp³-hybridized carbons (Fsp3) is 0.480. The summed E-state index contributed by atoms with van der Waals surface area (Å²) in [7, 11) is 3.92. The third-order valence-electron chi connectivity index (χ3n) is 6.81. The van der Waals surface area contributed by atoms with Gasteiger partial charge in [0.1, 0.15) is 11.6 Å². The molecule has 1 fully saturated rings. The number of rotatable bonds is 6. The number of hydrogen-bond acceptors (Lipinski definition) is 3. The number of fused-ring (bicyclic) bond motifs is 1. The van der Waals surface area contributed by atoms with Crippen molar-refractivity contribution in [1.82, 2.24) is 4.90 Å². The number of ether oxygens (including phenoxy) is 1. The minimum atomic E-state index is -1.04. The Labute approximate surface area is 177 Å². The van der Waals surface area contributed by atoms with Gasteiger partial charge in [0.2, 0.25) is 0 Å². The third-order valence-corrected chi connectivity index (χ3v) is 6.81. The molecule has 1 atom stereocenters. The fourth-order valence-corrected chi connectivity index (χ4v) is 4.82. The Morgan fingerprint density at radius 3 is 2.53 bits per heavy atom. The Balaban J connectivity index is 1.80. The normalized spacial score (nSPS) is 20.1. The predicted molar refractivity (Wildman–Crippen MR) is 116 cm³/mol. The zero-order valence-electron chi connectivity index (χ0n) is 18.2. The summed E-state index contributed by atoms with van der Waals surface area (Å²) in [5.41, 5.74) is 4.35. The van der Waals surface area contributed by atoms with E-state index in [-0.39, 0.29) is 17.4 Å². The van der Waals surface area contributed by atoms with Crippen molar-refractivity contribution in [2.45, 2.75) is 63.5 Å². The average molecular weight is 412 g/mol.